The lowest BCUT2D eigenvalue weighted by Gasteiger charge is -2.12. The molecule has 0 bridgehead atoms. The zero-order valence-electron chi connectivity index (χ0n) is 8.08. The van der Waals surface area contributed by atoms with E-state index in [4.69, 9.17) is 5.73 Å². The van der Waals surface area contributed by atoms with Gasteiger partial charge in [-0.05, 0) is 18.6 Å². The number of nitrogens with one attached hydrogen (secondary N) is 1. The highest BCUT2D eigenvalue weighted by atomic mass is 32.2. The summed E-state index contributed by atoms with van der Waals surface area (Å²) in [4.78, 5) is 10.7. The SMILES string of the molecule is CC(CNCC1CCCS1)C(N)=O. The Bertz CT molecular complexity index is 169. The Balaban J connectivity index is 2.02. The Morgan fingerprint density at radius 3 is 3.08 bits per heavy atom. The quantitative estimate of drug-likeness (QED) is 0.686. The normalized spacial score (nSPS) is 24.5. The number of nitrogens with two attached hydrogens (primary N) is 1. The molecule has 1 amide bonds. The summed E-state index contributed by atoms with van der Waals surface area (Å²) in [6, 6.07) is 0. The molecule has 1 fully saturated rings. The van der Waals surface area contributed by atoms with Crippen LogP contribution in [0.15, 0.2) is 0 Å². The second-order valence-corrected chi connectivity index (χ2v) is 5.00. The van der Waals surface area contributed by atoms with Crippen molar-refractivity contribution >= 4 is 17.7 Å². The highest BCUT2D eigenvalue weighted by molar-refractivity contribution is 8.00. The van der Waals surface area contributed by atoms with Gasteiger partial charge in [0, 0.05) is 24.3 Å². The van der Waals surface area contributed by atoms with Crippen LogP contribution >= 0.6 is 11.8 Å². The lowest BCUT2D eigenvalue weighted by molar-refractivity contribution is -0.121. The van der Waals surface area contributed by atoms with Gasteiger partial charge in [0.2, 0.25) is 5.91 Å². The molecule has 13 heavy (non-hydrogen) atoms. The zero-order valence-corrected chi connectivity index (χ0v) is 8.90. The van der Waals surface area contributed by atoms with Gasteiger partial charge in [0.15, 0.2) is 0 Å². The molecule has 0 aromatic carbocycles. The number of primary amides is 1. The molecule has 3 nitrogen and oxygen atoms in total. The number of thioether (sulfide) groups is 1. The molecule has 0 radical (unpaired) electrons. The Kier molecular flexibility index (Phi) is 4.59. The summed E-state index contributed by atoms with van der Waals surface area (Å²) < 4.78 is 0. The van der Waals surface area contributed by atoms with Gasteiger partial charge in [-0.25, -0.2) is 0 Å². The summed E-state index contributed by atoms with van der Waals surface area (Å²) in [5, 5.41) is 4.04. The zero-order chi connectivity index (χ0) is 9.68. The Hall–Kier alpha value is -0.220. The topological polar surface area (TPSA) is 55.1 Å². The fourth-order valence-corrected chi connectivity index (χ4v) is 2.60. The maximum absolute atomic E-state index is 10.7. The van der Waals surface area contributed by atoms with Crippen LogP contribution in [0.4, 0.5) is 0 Å². The Morgan fingerprint density at radius 2 is 2.54 bits per heavy atom. The number of amides is 1. The van der Waals surface area contributed by atoms with E-state index < -0.39 is 0 Å². The van der Waals surface area contributed by atoms with Crippen molar-refractivity contribution in [2.45, 2.75) is 25.0 Å². The van der Waals surface area contributed by atoms with Gasteiger partial charge < -0.3 is 11.1 Å². The fraction of sp³-hybridized carbons (Fsp3) is 0.889. The molecule has 3 N–H and O–H groups in total. The molecule has 0 aliphatic carbocycles. The third-order valence-corrected chi connectivity index (χ3v) is 3.73. The summed E-state index contributed by atoms with van der Waals surface area (Å²) in [6.45, 7) is 3.59. The average Bonchev–Trinajstić information content (AvgIpc) is 2.56. The standard InChI is InChI=1S/C9H18N2OS/c1-7(9(10)12)5-11-6-8-3-2-4-13-8/h7-8,11H,2-6H2,1H3,(H2,10,12). The first-order valence-electron chi connectivity index (χ1n) is 4.82. The van der Waals surface area contributed by atoms with Crippen molar-refractivity contribution in [3.63, 3.8) is 0 Å². The molecular formula is C9H18N2OS. The number of hydrogen-bond acceptors (Lipinski definition) is 3. The largest absolute Gasteiger partial charge is 0.369 e. The summed E-state index contributed by atoms with van der Waals surface area (Å²) in [5.74, 6) is 1.02. The van der Waals surface area contributed by atoms with Crippen molar-refractivity contribution in [3.05, 3.63) is 0 Å². The Labute approximate surface area is 83.8 Å². The summed E-state index contributed by atoms with van der Waals surface area (Å²) >= 11 is 2.02. The molecule has 0 aromatic rings. The second-order valence-electron chi connectivity index (χ2n) is 3.60. The van der Waals surface area contributed by atoms with Gasteiger partial charge in [-0.2, -0.15) is 11.8 Å². The highest BCUT2D eigenvalue weighted by Gasteiger charge is 2.15. The third-order valence-electron chi connectivity index (χ3n) is 2.33. The van der Waals surface area contributed by atoms with Gasteiger partial charge in [-0.15, -0.1) is 0 Å². The van der Waals surface area contributed by atoms with Crippen LogP contribution in [0.2, 0.25) is 0 Å². The number of carbonyl (C=O) groups is 1. The molecule has 0 spiro atoms. The molecule has 4 heteroatoms. The van der Waals surface area contributed by atoms with Gasteiger partial charge >= 0.3 is 0 Å². The van der Waals surface area contributed by atoms with E-state index in [2.05, 4.69) is 5.32 Å². The molecule has 1 saturated heterocycles. The van der Waals surface area contributed by atoms with E-state index in [1.807, 2.05) is 18.7 Å². The predicted octanol–water partition coefficient (Wildman–Crippen LogP) is 0.593. The maximum Gasteiger partial charge on any atom is 0.221 e. The summed E-state index contributed by atoms with van der Waals surface area (Å²) in [7, 11) is 0. The van der Waals surface area contributed by atoms with Crippen molar-refractivity contribution in [2.75, 3.05) is 18.8 Å². The first kappa shape index (κ1) is 10.9. The maximum atomic E-state index is 10.7. The van der Waals surface area contributed by atoms with E-state index in [0.717, 1.165) is 11.8 Å². The van der Waals surface area contributed by atoms with Crippen molar-refractivity contribution in [2.24, 2.45) is 11.7 Å². The summed E-state index contributed by atoms with van der Waals surface area (Å²) in [5.41, 5.74) is 5.15. The third kappa shape index (κ3) is 4.00. The van der Waals surface area contributed by atoms with Crippen molar-refractivity contribution in [1.82, 2.24) is 5.32 Å². The molecule has 1 aliphatic heterocycles. The lowest BCUT2D eigenvalue weighted by Crippen LogP contribution is -2.33. The minimum absolute atomic E-state index is 0.0496. The lowest BCUT2D eigenvalue weighted by atomic mass is 10.1. The molecular weight excluding hydrogens is 184 g/mol. The molecule has 1 heterocycles. The monoisotopic (exact) mass is 202 g/mol. The van der Waals surface area contributed by atoms with Gasteiger partial charge in [-0.1, -0.05) is 6.92 Å². The predicted molar refractivity (Wildman–Crippen MR) is 56.7 cm³/mol. The average molecular weight is 202 g/mol. The minimum atomic E-state index is -0.216. The van der Waals surface area contributed by atoms with Crippen LogP contribution in [-0.4, -0.2) is 30.0 Å². The minimum Gasteiger partial charge on any atom is -0.369 e. The van der Waals surface area contributed by atoms with Crippen LogP contribution in [0.5, 0.6) is 0 Å². The van der Waals surface area contributed by atoms with E-state index in [1.165, 1.54) is 18.6 Å². The van der Waals surface area contributed by atoms with E-state index in [-0.39, 0.29) is 11.8 Å². The second kappa shape index (κ2) is 5.50. The first-order valence-corrected chi connectivity index (χ1v) is 5.86. The van der Waals surface area contributed by atoms with E-state index in [0.29, 0.717) is 6.54 Å². The molecule has 2 atom stereocenters. The number of carbonyl (C=O) groups excluding carboxylic acids is 1. The molecule has 76 valence electrons. The smallest absolute Gasteiger partial charge is 0.221 e. The van der Waals surface area contributed by atoms with Gasteiger partial charge in [0.05, 0.1) is 0 Å². The molecule has 2 unspecified atom stereocenters. The van der Waals surface area contributed by atoms with E-state index in [1.54, 1.807) is 0 Å². The summed E-state index contributed by atoms with van der Waals surface area (Å²) in [6.07, 6.45) is 2.64. The van der Waals surface area contributed by atoms with Crippen LogP contribution < -0.4 is 11.1 Å². The van der Waals surface area contributed by atoms with Crippen molar-refractivity contribution in [1.29, 1.82) is 0 Å². The molecule has 1 rings (SSSR count). The van der Waals surface area contributed by atoms with Crippen LogP contribution in [0.3, 0.4) is 0 Å². The molecule has 0 aromatic heterocycles. The van der Waals surface area contributed by atoms with Gasteiger partial charge in [0.25, 0.3) is 0 Å². The van der Waals surface area contributed by atoms with E-state index in [9.17, 15) is 4.79 Å². The highest BCUT2D eigenvalue weighted by Crippen LogP contribution is 2.25. The van der Waals surface area contributed by atoms with Crippen LogP contribution in [-0.2, 0) is 4.79 Å². The molecule has 0 saturated carbocycles. The van der Waals surface area contributed by atoms with Gasteiger partial charge in [-0.3, -0.25) is 4.79 Å². The number of hydrogen-bond donors (Lipinski definition) is 2. The van der Waals surface area contributed by atoms with E-state index >= 15 is 0 Å². The van der Waals surface area contributed by atoms with Crippen LogP contribution in [0.25, 0.3) is 0 Å². The fourth-order valence-electron chi connectivity index (χ4n) is 1.37. The van der Waals surface area contributed by atoms with Gasteiger partial charge in [0.1, 0.15) is 0 Å². The molecule has 1 aliphatic rings. The Morgan fingerprint density at radius 1 is 1.77 bits per heavy atom. The van der Waals surface area contributed by atoms with Crippen LogP contribution in [0.1, 0.15) is 19.8 Å². The first-order chi connectivity index (χ1) is 6.20. The number of rotatable bonds is 5. The van der Waals surface area contributed by atoms with Crippen LogP contribution in [0, 0.1) is 5.92 Å². The van der Waals surface area contributed by atoms with Crippen molar-refractivity contribution < 1.29 is 4.79 Å². The van der Waals surface area contributed by atoms with Crippen molar-refractivity contribution in [3.8, 4) is 0 Å².